The SMILES string of the molecule is Cc1cccc(Cn2cc(S(=O)(=O)c3ccccc3)c(=O)c3ccc(C)nc32)c1. The van der Waals surface area contributed by atoms with Gasteiger partial charge < -0.3 is 4.57 Å². The van der Waals surface area contributed by atoms with Crippen LogP contribution in [0.3, 0.4) is 0 Å². The molecule has 0 atom stereocenters. The number of pyridine rings is 2. The molecular formula is C23H20N2O3S. The zero-order valence-corrected chi connectivity index (χ0v) is 17.0. The van der Waals surface area contributed by atoms with Crippen LogP contribution in [0, 0.1) is 13.8 Å². The van der Waals surface area contributed by atoms with Crippen LogP contribution in [0.5, 0.6) is 0 Å². The van der Waals surface area contributed by atoms with Crippen LogP contribution in [-0.4, -0.2) is 18.0 Å². The quantitative estimate of drug-likeness (QED) is 0.517. The molecule has 0 N–H and O–H groups in total. The summed E-state index contributed by atoms with van der Waals surface area (Å²) in [6.45, 7) is 4.25. The van der Waals surface area contributed by atoms with Crippen LogP contribution in [0.25, 0.3) is 11.0 Å². The van der Waals surface area contributed by atoms with Gasteiger partial charge in [-0.1, -0.05) is 48.0 Å². The summed E-state index contributed by atoms with van der Waals surface area (Å²) >= 11 is 0. The van der Waals surface area contributed by atoms with Gasteiger partial charge in [-0.15, -0.1) is 0 Å². The Hall–Kier alpha value is -3.25. The van der Waals surface area contributed by atoms with Crippen LogP contribution < -0.4 is 5.43 Å². The Kier molecular flexibility index (Phi) is 4.80. The Labute approximate surface area is 169 Å². The molecule has 2 aromatic carbocycles. The number of rotatable bonds is 4. The maximum absolute atomic E-state index is 13.2. The highest BCUT2D eigenvalue weighted by atomic mass is 32.2. The average Bonchev–Trinajstić information content (AvgIpc) is 2.70. The summed E-state index contributed by atoms with van der Waals surface area (Å²) < 4.78 is 28.1. The molecule has 5 nitrogen and oxygen atoms in total. The van der Waals surface area contributed by atoms with Crippen LogP contribution >= 0.6 is 0 Å². The molecule has 4 aromatic rings. The summed E-state index contributed by atoms with van der Waals surface area (Å²) in [4.78, 5) is 17.5. The lowest BCUT2D eigenvalue weighted by Gasteiger charge is -2.14. The van der Waals surface area contributed by atoms with Crippen molar-refractivity contribution >= 4 is 20.9 Å². The van der Waals surface area contributed by atoms with Crippen molar-refractivity contribution < 1.29 is 8.42 Å². The van der Waals surface area contributed by atoms with Crippen molar-refractivity contribution in [1.29, 1.82) is 0 Å². The van der Waals surface area contributed by atoms with Crippen LogP contribution in [0.4, 0.5) is 0 Å². The predicted molar refractivity (Wildman–Crippen MR) is 113 cm³/mol. The summed E-state index contributed by atoms with van der Waals surface area (Å²) in [6, 6.07) is 19.3. The summed E-state index contributed by atoms with van der Waals surface area (Å²) in [5.74, 6) is 0. The van der Waals surface area contributed by atoms with Gasteiger partial charge in [0.2, 0.25) is 15.3 Å². The van der Waals surface area contributed by atoms with E-state index in [2.05, 4.69) is 4.98 Å². The van der Waals surface area contributed by atoms with E-state index in [0.29, 0.717) is 17.6 Å². The maximum atomic E-state index is 13.2. The summed E-state index contributed by atoms with van der Waals surface area (Å²) in [7, 11) is -3.96. The molecule has 0 fully saturated rings. The third-order valence-electron chi connectivity index (χ3n) is 4.81. The van der Waals surface area contributed by atoms with E-state index in [4.69, 9.17) is 0 Å². The van der Waals surface area contributed by atoms with Crippen LogP contribution in [0.1, 0.15) is 16.8 Å². The first-order valence-corrected chi connectivity index (χ1v) is 10.7. The molecule has 0 saturated heterocycles. The Morgan fingerprint density at radius 1 is 0.931 bits per heavy atom. The largest absolute Gasteiger partial charge is 0.327 e. The van der Waals surface area contributed by atoms with Crippen molar-refractivity contribution in [2.75, 3.05) is 0 Å². The minimum absolute atomic E-state index is 0.0960. The molecular weight excluding hydrogens is 384 g/mol. The number of aryl methyl sites for hydroxylation is 2. The predicted octanol–water partition coefficient (Wildman–Crippen LogP) is 3.89. The average molecular weight is 404 g/mol. The molecule has 0 aliphatic rings. The monoisotopic (exact) mass is 404 g/mol. The van der Waals surface area contributed by atoms with Crippen molar-refractivity contribution in [3.05, 3.63) is 100.0 Å². The lowest BCUT2D eigenvalue weighted by molar-refractivity contribution is 0.594. The molecule has 2 aromatic heterocycles. The van der Waals surface area contributed by atoms with Gasteiger partial charge in [-0.3, -0.25) is 4.79 Å². The molecule has 0 bridgehead atoms. The highest BCUT2D eigenvalue weighted by Gasteiger charge is 2.24. The standard InChI is InChI=1S/C23H20N2O3S/c1-16-7-6-8-18(13-16)14-25-15-21(29(27,28)19-9-4-3-5-10-19)22(26)20-12-11-17(2)24-23(20)25/h3-13,15H,14H2,1-2H3. The fourth-order valence-electron chi connectivity index (χ4n) is 3.38. The fraction of sp³-hybridized carbons (Fsp3) is 0.130. The highest BCUT2D eigenvalue weighted by molar-refractivity contribution is 7.91. The lowest BCUT2D eigenvalue weighted by Crippen LogP contribution is -2.20. The Morgan fingerprint density at radius 2 is 1.69 bits per heavy atom. The van der Waals surface area contributed by atoms with Gasteiger partial charge in [-0.2, -0.15) is 0 Å². The van der Waals surface area contributed by atoms with Crippen molar-refractivity contribution in [2.45, 2.75) is 30.2 Å². The number of fused-ring (bicyclic) bond motifs is 1. The molecule has 4 rings (SSSR count). The maximum Gasteiger partial charge on any atom is 0.211 e. The van der Waals surface area contributed by atoms with Gasteiger partial charge >= 0.3 is 0 Å². The van der Waals surface area contributed by atoms with E-state index in [0.717, 1.165) is 16.8 Å². The molecule has 0 aliphatic carbocycles. The van der Waals surface area contributed by atoms with Crippen molar-refractivity contribution in [3.63, 3.8) is 0 Å². The molecule has 0 aliphatic heterocycles. The topological polar surface area (TPSA) is 69.0 Å². The van der Waals surface area contributed by atoms with Gasteiger partial charge in [0.25, 0.3) is 0 Å². The number of sulfone groups is 1. The summed E-state index contributed by atoms with van der Waals surface area (Å²) in [5, 5.41) is 0.292. The second kappa shape index (κ2) is 7.29. The van der Waals surface area contributed by atoms with Crippen LogP contribution in [-0.2, 0) is 16.4 Å². The fourth-order valence-corrected chi connectivity index (χ4v) is 4.77. The zero-order valence-electron chi connectivity index (χ0n) is 16.2. The third-order valence-corrected chi connectivity index (χ3v) is 6.57. The first-order valence-electron chi connectivity index (χ1n) is 9.23. The van der Waals surface area contributed by atoms with E-state index >= 15 is 0 Å². The number of aromatic nitrogens is 2. The first kappa shape index (κ1) is 19.1. The Morgan fingerprint density at radius 3 is 2.41 bits per heavy atom. The van der Waals surface area contributed by atoms with Crippen molar-refractivity contribution in [3.8, 4) is 0 Å². The van der Waals surface area contributed by atoms with Gasteiger partial charge in [0.15, 0.2) is 0 Å². The number of nitrogens with zero attached hydrogens (tertiary/aromatic N) is 2. The molecule has 146 valence electrons. The second-order valence-corrected chi connectivity index (χ2v) is 9.00. The van der Waals surface area contributed by atoms with Gasteiger partial charge in [-0.05, 0) is 43.7 Å². The van der Waals surface area contributed by atoms with E-state index in [-0.39, 0.29) is 9.79 Å². The van der Waals surface area contributed by atoms with Gasteiger partial charge in [0, 0.05) is 18.4 Å². The highest BCUT2D eigenvalue weighted by Crippen LogP contribution is 2.21. The molecule has 0 spiro atoms. The summed E-state index contributed by atoms with van der Waals surface area (Å²) in [5.41, 5.74) is 2.81. The van der Waals surface area contributed by atoms with Gasteiger partial charge in [-0.25, -0.2) is 13.4 Å². The normalized spacial score (nSPS) is 11.7. The Bertz CT molecular complexity index is 1370. The van der Waals surface area contributed by atoms with Crippen LogP contribution in [0.15, 0.2) is 87.5 Å². The van der Waals surface area contributed by atoms with E-state index in [1.165, 1.54) is 18.3 Å². The molecule has 2 heterocycles. The molecule has 0 saturated carbocycles. The van der Waals surface area contributed by atoms with Gasteiger partial charge in [0.1, 0.15) is 10.5 Å². The summed E-state index contributed by atoms with van der Waals surface area (Å²) in [6.07, 6.45) is 1.42. The first-order chi connectivity index (χ1) is 13.9. The van der Waals surface area contributed by atoms with Gasteiger partial charge in [0.05, 0.1) is 10.3 Å². The smallest absolute Gasteiger partial charge is 0.211 e. The molecule has 0 amide bonds. The Balaban J connectivity index is 1.99. The van der Waals surface area contributed by atoms with E-state index in [1.807, 2.05) is 38.1 Å². The zero-order chi connectivity index (χ0) is 20.6. The van der Waals surface area contributed by atoms with E-state index in [9.17, 15) is 13.2 Å². The van der Waals surface area contributed by atoms with Crippen LogP contribution in [0.2, 0.25) is 0 Å². The molecule has 6 heteroatoms. The molecule has 0 radical (unpaired) electrons. The third kappa shape index (κ3) is 3.59. The lowest BCUT2D eigenvalue weighted by atomic mass is 10.1. The van der Waals surface area contributed by atoms with Crippen molar-refractivity contribution in [1.82, 2.24) is 9.55 Å². The van der Waals surface area contributed by atoms with Crippen molar-refractivity contribution in [2.24, 2.45) is 0 Å². The van der Waals surface area contributed by atoms with E-state index in [1.54, 1.807) is 34.9 Å². The van der Waals surface area contributed by atoms with E-state index < -0.39 is 15.3 Å². The minimum Gasteiger partial charge on any atom is -0.327 e. The number of hydrogen-bond donors (Lipinski definition) is 0. The molecule has 0 unspecified atom stereocenters. The minimum atomic E-state index is -3.96. The number of hydrogen-bond acceptors (Lipinski definition) is 4. The second-order valence-electron chi connectivity index (χ2n) is 7.08. The number of benzene rings is 2. The molecule has 29 heavy (non-hydrogen) atoms.